The number of hydrogen-bond acceptors (Lipinski definition) is 2. The molecule has 2 aliphatic carbocycles. The molecule has 1 N–H and O–H groups in total. The Hall–Kier alpha value is -0.830. The lowest BCUT2D eigenvalue weighted by atomic mass is 9.81. The highest BCUT2D eigenvalue weighted by atomic mass is 15.3. The van der Waals surface area contributed by atoms with Gasteiger partial charge in [-0.15, -0.1) is 0 Å². The molecule has 19 heavy (non-hydrogen) atoms. The van der Waals surface area contributed by atoms with Gasteiger partial charge in [0.05, 0.1) is 5.69 Å². The maximum atomic E-state index is 4.58. The number of aromatic nitrogens is 2. The molecule has 0 amide bonds. The molecule has 4 unspecified atom stereocenters. The van der Waals surface area contributed by atoms with Crippen LogP contribution in [0.3, 0.4) is 0 Å². The Labute approximate surface area is 116 Å². The molecule has 4 atom stereocenters. The molecule has 3 nitrogen and oxygen atoms in total. The molecular formula is C16H27N3. The van der Waals surface area contributed by atoms with Gasteiger partial charge in [0.2, 0.25) is 0 Å². The van der Waals surface area contributed by atoms with Crippen molar-refractivity contribution in [3.63, 3.8) is 0 Å². The van der Waals surface area contributed by atoms with E-state index in [0.717, 1.165) is 30.6 Å². The van der Waals surface area contributed by atoms with Gasteiger partial charge < -0.3 is 5.32 Å². The van der Waals surface area contributed by atoms with Gasteiger partial charge in [0, 0.05) is 25.2 Å². The van der Waals surface area contributed by atoms with Gasteiger partial charge in [-0.1, -0.05) is 13.3 Å². The summed E-state index contributed by atoms with van der Waals surface area (Å²) in [5.41, 5.74) is 2.61. The number of aryl methyl sites for hydroxylation is 2. The lowest BCUT2D eigenvalue weighted by Crippen LogP contribution is -2.38. The van der Waals surface area contributed by atoms with Gasteiger partial charge in [-0.05, 0) is 56.6 Å². The number of likely N-dealkylation sites (N-methyl/N-ethyl adjacent to an activating group) is 1. The second kappa shape index (κ2) is 5.28. The highest BCUT2D eigenvalue weighted by Gasteiger charge is 2.42. The van der Waals surface area contributed by atoms with E-state index >= 15 is 0 Å². The third-order valence-electron chi connectivity index (χ3n) is 5.50. The zero-order valence-electron chi connectivity index (χ0n) is 12.5. The fourth-order valence-corrected chi connectivity index (χ4v) is 4.41. The molecule has 106 valence electrons. The van der Waals surface area contributed by atoms with Gasteiger partial charge in [0.25, 0.3) is 0 Å². The Balaban J connectivity index is 1.71. The summed E-state index contributed by atoms with van der Waals surface area (Å²) in [5.74, 6) is 2.91. The molecule has 3 rings (SSSR count). The Morgan fingerprint density at radius 3 is 2.79 bits per heavy atom. The first-order valence-electron chi connectivity index (χ1n) is 7.90. The van der Waals surface area contributed by atoms with Gasteiger partial charge in [-0.25, -0.2) is 0 Å². The quantitative estimate of drug-likeness (QED) is 0.883. The molecule has 0 aromatic carbocycles. The van der Waals surface area contributed by atoms with Crippen LogP contribution in [0.1, 0.15) is 44.0 Å². The molecule has 3 heteroatoms. The minimum Gasteiger partial charge on any atom is -0.316 e. The third-order valence-corrected chi connectivity index (χ3v) is 5.50. The number of fused-ring (bicyclic) bond motifs is 2. The molecule has 2 saturated carbocycles. The van der Waals surface area contributed by atoms with E-state index in [0.29, 0.717) is 6.04 Å². The Morgan fingerprint density at radius 1 is 1.42 bits per heavy atom. The van der Waals surface area contributed by atoms with Crippen molar-refractivity contribution in [2.75, 3.05) is 7.05 Å². The highest BCUT2D eigenvalue weighted by Crippen LogP contribution is 2.49. The molecule has 1 aromatic rings. The maximum Gasteiger partial charge on any atom is 0.0624 e. The first-order valence-corrected chi connectivity index (χ1v) is 7.90. The molecule has 0 aliphatic heterocycles. The fraction of sp³-hybridized carbons (Fsp3) is 0.812. The van der Waals surface area contributed by atoms with Crippen LogP contribution in [0.5, 0.6) is 0 Å². The number of nitrogens with zero attached hydrogens (tertiary/aromatic N) is 2. The molecular weight excluding hydrogens is 234 g/mol. The average molecular weight is 261 g/mol. The van der Waals surface area contributed by atoms with Gasteiger partial charge in [-0.2, -0.15) is 5.10 Å². The summed E-state index contributed by atoms with van der Waals surface area (Å²) in [6.07, 6.45) is 8.07. The van der Waals surface area contributed by atoms with E-state index in [1.165, 1.54) is 37.1 Å². The highest BCUT2D eigenvalue weighted by molar-refractivity contribution is 5.12. The van der Waals surface area contributed by atoms with E-state index < -0.39 is 0 Å². The van der Waals surface area contributed by atoms with E-state index in [-0.39, 0.29) is 0 Å². The normalized spacial score (nSPS) is 31.0. The SMILES string of the molecule is CCc1cc(CC(NC)C2CC3CCC2C3)n(C)n1. The third kappa shape index (κ3) is 2.45. The molecule has 1 heterocycles. The van der Waals surface area contributed by atoms with Crippen molar-refractivity contribution in [1.29, 1.82) is 0 Å². The summed E-state index contributed by atoms with van der Waals surface area (Å²) in [7, 11) is 4.22. The largest absolute Gasteiger partial charge is 0.316 e. The Morgan fingerprint density at radius 2 is 2.26 bits per heavy atom. The number of rotatable bonds is 5. The lowest BCUT2D eigenvalue weighted by Gasteiger charge is -2.30. The molecule has 2 bridgehead atoms. The summed E-state index contributed by atoms with van der Waals surface area (Å²) in [6, 6.07) is 2.92. The van der Waals surface area contributed by atoms with Crippen LogP contribution >= 0.6 is 0 Å². The van der Waals surface area contributed by atoms with Crippen LogP contribution in [0.25, 0.3) is 0 Å². The van der Waals surface area contributed by atoms with E-state index in [2.05, 4.69) is 42.2 Å². The van der Waals surface area contributed by atoms with Crippen LogP contribution in [0.15, 0.2) is 6.07 Å². The zero-order valence-corrected chi connectivity index (χ0v) is 12.5. The molecule has 0 radical (unpaired) electrons. The van der Waals surface area contributed by atoms with Gasteiger partial charge in [0.15, 0.2) is 0 Å². The van der Waals surface area contributed by atoms with Crippen LogP contribution in [0, 0.1) is 17.8 Å². The van der Waals surface area contributed by atoms with E-state index in [1.54, 1.807) is 0 Å². The number of hydrogen-bond donors (Lipinski definition) is 1. The first kappa shape index (κ1) is 13.2. The Kier molecular flexibility index (Phi) is 3.66. The first-order chi connectivity index (χ1) is 9.21. The smallest absolute Gasteiger partial charge is 0.0624 e. The predicted molar refractivity (Wildman–Crippen MR) is 78.1 cm³/mol. The monoisotopic (exact) mass is 261 g/mol. The topological polar surface area (TPSA) is 29.9 Å². The van der Waals surface area contributed by atoms with E-state index in [9.17, 15) is 0 Å². The van der Waals surface area contributed by atoms with Crippen molar-refractivity contribution in [3.8, 4) is 0 Å². The summed E-state index contributed by atoms with van der Waals surface area (Å²) in [5, 5.41) is 8.17. The van der Waals surface area contributed by atoms with E-state index in [4.69, 9.17) is 0 Å². The van der Waals surface area contributed by atoms with Gasteiger partial charge >= 0.3 is 0 Å². The standard InChI is InChI=1S/C16H27N3/c1-4-13-9-14(19(3)18-13)10-16(17-2)15-8-11-5-6-12(15)7-11/h9,11-12,15-17H,4-8,10H2,1-3H3. The van der Waals surface area contributed by atoms with Gasteiger partial charge in [0.1, 0.15) is 0 Å². The van der Waals surface area contributed by atoms with Crippen LogP contribution < -0.4 is 5.32 Å². The van der Waals surface area contributed by atoms with Crippen LogP contribution in [0.2, 0.25) is 0 Å². The summed E-state index contributed by atoms with van der Waals surface area (Å²) < 4.78 is 2.08. The second-order valence-electron chi connectivity index (χ2n) is 6.54. The molecule has 2 aliphatic rings. The minimum atomic E-state index is 0.635. The van der Waals surface area contributed by atoms with Crippen LogP contribution in [-0.2, 0) is 19.9 Å². The van der Waals surface area contributed by atoms with Crippen molar-refractivity contribution in [3.05, 3.63) is 17.5 Å². The van der Waals surface area contributed by atoms with Crippen LogP contribution in [0.4, 0.5) is 0 Å². The molecule has 0 saturated heterocycles. The van der Waals surface area contributed by atoms with Crippen molar-refractivity contribution in [2.24, 2.45) is 24.8 Å². The summed E-state index contributed by atoms with van der Waals surface area (Å²) in [6.45, 7) is 2.18. The van der Waals surface area contributed by atoms with Crippen molar-refractivity contribution in [2.45, 2.75) is 51.5 Å². The lowest BCUT2D eigenvalue weighted by molar-refractivity contribution is 0.253. The summed E-state index contributed by atoms with van der Waals surface area (Å²) in [4.78, 5) is 0. The molecule has 2 fully saturated rings. The molecule has 1 aromatic heterocycles. The van der Waals surface area contributed by atoms with E-state index in [1.807, 2.05) is 0 Å². The predicted octanol–water partition coefficient (Wildman–Crippen LogP) is 2.55. The Bertz CT molecular complexity index is 437. The van der Waals surface area contributed by atoms with Crippen LogP contribution in [-0.4, -0.2) is 22.9 Å². The van der Waals surface area contributed by atoms with Crippen molar-refractivity contribution in [1.82, 2.24) is 15.1 Å². The summed E-state index contributed by atoms with van der Waals surface area (Å²) >= 11 is 0. The number of nitrogens with one attached hydrogen (secondary N) is 1. The average Bonchev–Trinajstić information content (AvgIpc) is 3.11. The second-order valence-corrected chi connectivity index (χ2v) is 6.54. The van der Waals surface area contributed by atoms with Gasteiger partial charge in [-0.3, -0.25) is 4.68 Å². The maximum absolute atomic E-state index is 4.58. The zero-order chi connectivity index (χ0) is 13.4. The minimum absolute atomic E-state index is 0.635. The van der Waals surface area contributed by atoms with Crippen molar-refractivity contribution < 1.29 is 0 Å². The van der Waals surface area contributed by atoms with Crippen molar-refractivity contribution >= 4 is 0 Å². The fourth-order valence-electron chi connectivity index (χ4n) is 4.41. The molecule has 0 spiro atoms.